The van der Waals surface area contributed by atoms with E-state index in [1.807, 2.05) is 0 Å². The zero-order valence-electron chi connectivity index (χ0n) is 10.0. The Bertz CT molecular complexity index is 638. The molecule has 0 heterocycles. The van der Waals surface area contributed by atoms with Crippen LogP contribution in [0, 0.1) is 10.1 Å². The minimum atomic E-state index is -0.485. The Morgan fingerprint density at radius 1 is 1.20 bits per heavy atom. The fourth-order valence-corrected chi connectivity index (χ4v) is 2.92. The van der Waals surface area contributed by atoms with Gasteiger partial charge in [-0.3, -0.25) is 10.1 Å². The van der Waals surface area contributed by atoms with Crippen LogP contribution in [0.5, 0.6) is 11.5 Å². The van der Waals surface area contributed by atoms with Gasteiger partial charge in [0.05, 0.1) is 20.5 Å². The lowest BCUT2D eigenvalue weighted by Gasteiger charge is -2.12. The summed E-state index contributed by atoms with van der Waals surface area (Å²) < 4.78 is 6.62. The minimum Gasteiger partial charge on any atom is -0.455 e. The van der Waals surface area contributed by atoms with Gasteiger partial charge in [-0.15, -0.1) is 0 Å². The number of benzene rings is 2. The second kappa shape index (κ2) is 6.34. The standard InChI is InChI=1S/C13H9Br2NO4/c14-10-5-9(16(18)19)6-11(15)13(10)20-12-4-2-1-3-8(12)7-17/h1-6,17H,7H2. The zero-order chi connectivity index (χ0) is 14.7. The number of ether oxygens (including phenoxy) is 1. The molecule has 2 aromatic rings. The molecule has 0 aliphatic rings. The fourth-order valence-electron chi connectivity index (χ4n) is 1.59. The number of aliphatic hydroxyl groups excluding tert-OH is 1. The zero-order valence-corrected chi connectivity index (χ0v) is 13.2. The summed E-state index contributed by atoms with van der Waals surface area (Å²) in [7, 11) is 0. The number of nitrogens with zero attached hydrogens (tertiary/aromatic N) is 1. The van der Waals surface area contributed by atoms with Gasteiger partial charge in [0.15, 0.2) is 5.75 Å². The third kappa shape index (κ3) is 3.17. The van der Waals surface area contributed by atoms with Crippen LogP contribution < -0.4 is 4.74 Å². The van der Waals surface area contributed by atoms with Crippen molar-refractivity contribution in [3.05, 3.63) is 61.0 Å². The third-order valence-electron chi connectivity index (χ3n) is 2.55. The maximum atomic E-state index is 10.8. The third-order valence-corrected chi connectivity index (χ3v) is 3.73. The molecular formula is C13H9Br2NO4. The van der Waals surface area contributed by atoms with Crippen LogP contribution in [0.4, 0.5) is 5.69 Å². The topological polar surface area (TPSA) is 72.6 Å². The normalized spacial score (nSPS) is 10.3. The van der Waals surface area contributed by atoms with E-state index in [0.29, 0.717) is 26.0 Å². The quantitative estimate of drug-likeness (QED) is 0.607. The fraction of sp³-hybridized carbons (Fsp3) is 0.0769. The van der Waals surface area contributed by atoms with Gasteiger partial charge in [-0.25, -0.2) is 0 Å². The molecule has 104 valence electrons. The molecular weight excluding hydrogens is 394 g/mol. The van der Waals surface area contributed by atoms with Crippen LogP contribution in [0.3, 0.4) is 0 Å². The Labute approximate surface area is 131 Å². The molecule has 0 amide bonds. The average molecular weight is 403 g/mol. The molecule has 0 radical (unpaired) electrons. The van der Waals surface area contributed by atoms with Crippen molar-refractivity contribution in [3.63, 3.8) is 0 Å². The Balaban J connectivity index is 2.41. The summed E-state index contributed by atoms with van der Waals surface area (Å²) in [6, 6.07) is 9.75. The highest BCUT2D eigenvalue weighted by molar-refractivity contribution is 9.11. The van der Waals surface area contributed by atoms with Crippen molar-refractivity contribution < 1.29 is 14.8 Å². The van der Waals surface area contributed by atoms with Crippen LogP contribution >= 0.6 is 31.9 Å². The van der Waals surface area contributed by atoms with Crippen LogP contribution in [-0.2, 0) is 6.61 Å². The summed E-state index contributed by atoms with van der Waals surface area (Å²) in [5.41, 5.74) is 0.580. The van der Waals surface area contributed by atoms with E-state index in [-0.39, 0.29) is 12.3 Å². The summed E-state index contributed by atoms with van der Waals surface area (Å²) in [6.07, 6.45) is 0. The Morgan fingerprint density at radius 2 is 1.80 bits per heavy atom. The Kier molecular flexibility index (Phi) is 4.74. The number of para-hydroxylation sites is 1. The second-order valence-corrected chi connectivity index (χ2v) is 5.57. The molecule has 7 heteroatoms. The van der Waals surface area contributed by atoms with Gasteiger partial charge in [0, 0.05) is 17.7 Å². The minimum absolute atomic E-state index is 0.0495. The van der Waals surface area contributed by atoms with E-state index >= 15 is 0 Å². The van der Waals surface area contributed by atoms with E-state index in [2.05, 4.69) is 31.9 Å². The van der Waals surface area contributed by atoms with Crippen molar-refractivity contribution in [2.45, 2.75) is 6.61 Å². The SMILES string of the molecule is O=[N+]([O-])c1cc(Br)c(Oc2ccccc2CO)c(Br)c1. The molecule has 2 aromatic carbocycles. The smallest absolute Gasteiger partial charge is 0.271 e. The first-order valence-corrected chi connectivity index (χ1v) is 7.11. The van der Waals surface area contributed by atoms with Gasteiger partial charge in [-0.1, -0.05) is 18.2 Å². The number of nitro benzene ring substituents is 1. The summed E-state index contributed by atoms with van der Waals surface area (Å²) in [6.45, 7) is -0.154. The van der Waals surface area contributed by atoms with Crippen LogP contribution in [0.1, 0.15) is 5.56 Å². The van der Waals surface area contributed by atoms with Crippen molar-refractivity contribution in [2.24, 2.45) is 0 Å². The first-order chi connectivity index (χ1) is 9.52. The number of non-ortho nitro benzene ring substituents is 1. The molecule has 2 rings (SSSR count). The van der Waals surface area contributed by atoms with Gasteiger partial charge in [0.1, 0.15) is 5.75 Å². The molecule has 0 atom stereocenters. The Hall–Kier alpha value is -1.44. The highest BCUT2D eigenvalue weighted by Gasteiger charge is 2.16. The summed E-state index contributed by atoms with van der Waals surface area (Å²) in [4.78, 5) is 10.3. The van der Waals surface area contributed by atoms with E-state index in [4.69, 9.17) is 4.74 Å². The van der Waals surface area contributed by atoms with Gasteiger partial charge in [-0.2, -0.15) is 0 Å². The van der Waals surface area contributed by atoms with E-state index in [1.54, 1.807) is 24.3 Å². The lowest BCUT2D eigenvalue weighted by atomic mass is 10.2. The summed E-state index contributed by atoms with van der Waals surface area (Å²) in [5, 5.41) is 20.0. The highest BCUT2D eigenvalue weighted by atomic mass is 79.9. The van der Waals surface area contributed by atoms with Crippen molar-refractivity contribution >= 4 is 37.5 Å². The van der Waals surface area contributed by atoms with Crippen molar-refractivity contribution in [2.75, 3.05) is 0 Å². The lowest BCUT2D eigenvalue weighted by Crippen LogP contribution is -1.94. The molecule has 0 fully saturated rings. The number of rotatable bonds is 4. The van der Waals surface area contributed by atoms with E-state index in [0.717, 1.165) is 0 Å². The average Bonchev–Trinajstić information content (AvgIpc) is 2.42. The van der Waals surface area contributed by atoms with Crippen LogP contribution in [0.2, 0.25) is 0 Å². The molecule has 0 spiro atoms. The van der Waals surface area contributed by atoms with Gasteiger partial charge in [-0.05, 0) is 37.9 Å². The van der Waals surface area contributed by atoms with Crippen LogP contribution in [0.15, 0.2) is 45.3 Å². The van der Waals surface area contributed by atoms with Gasteiger partial charge >= 0.3 is 0 Å². The van der Waals surface area contributed by atoms with E-state index in [9.17, 15) is 15.2 Å². The molecule has 0 aromatic heterocycles. The largest absolute Gasteiger partial charge is 0.455 e. The van der Waals surface area contributed by atoms with Gasteiger partial charge in [0.2, 0.25) is 0 Å². The molecule has 0 saturated carbocycles. The lowest BCUT2D eigenvalue weighted by molar-refractivity contribution is -0.385. The predicted octanol–water partition coefficient (Wildman–Crippen LogP) is 4.40. The van der Waals surface area contributed by atoms with Gasteiger partial charge < -0.3 is 9.84 Å². The number of aliphatic hydroxyl groups is 1. The van der Waals surface area contributed by atoms with Crippen LogP contribution in [-0.4, -0.2) is 10.0 Å². The van der Waals surface area contributed by atoms with Crippen molar-refractivity contribution in [1.82, 2.24) is 0 Å². The first-order valence-electron chi connectivity index (χ1n) is 5.53. The van der Waals surface area contributed by atoms with Crippen LogP contribution in [0.25, 0.3) is 0 Å². The molecule has 0 aliphatic heterocycles. The number of nitro groups is 1. The number of hydrogen-bond donors (Lipinski definition) is 1. The summed E-state index contributed by atoms with van der Waals surface area (Å²) >= 11 is 6.50. The van der Waals surface area contributed by atoms with E-state index in [1.165, 1.54) is 12.1 Å². The first kappa shape index (κ1) is 15.0. The van der Waals surface area contributed by atoms with Gasteiger partial charge in [0.25, 0.3) is 5.69 Å². The maximum absolute atomic E-state index is 10.8. The molecule has 0 saturated heterocycles. The second-order valence-electron chi connectivity index (χ2n) is 3.86. The molecule has 0 unspecified atom stereocenters. The molecule has 20 heavy (non-hydrogen) atoms. The Morgan fingerprint density at radius 3 is 2.35 bits per heavy atom. The summed E-state index contributed by atoms with van der Waals surface area (Å²) in [5.74, 6) is 0.904. The maximum Gasteiger partial charge on any atom is 0.271 e. The predicted molar refractivity (Wildman–Crippen MR) is 80.9 cm³/mol. The van der Waals surface area contributed by atoms with E-state index < -0.39 is 4.92 Å². The molecule has 0 aliphatic carbocycles. The highest BCUT2D eigenvalue weighted by Crippen LogP contribution is 2.40. The number of halogens is 2. The number of hydrogen-bond acceptors (Lipinski definition) is 4. The molecule has 5 nitrogen and oxygen atoms in total. The monoisotopic (exact) mass is 401 g/mol. The van der Waals surface area contributed by atoms with Crippen molar-refractivity contribution in [3.8, 4) is 11.5 Å². The molecule has 1 N–H and O–H groups in total. The van der Waals surface area contributed by atoms with Crippen molar-refractivity contribution in [1.29, 1.82) is 0 Å². The molecule has 0 bridgehead atoms.